The molecule has 3 nitrogen and oxygen atoms in total. The highest BCUT2D eigenvalue weighted by Gasteiger charge is 2.08. The fourth-order valence-corrected chi connectivity index (χ4v) is 1.07. The summed E-state index contributed by atoms with van der Waals surface area (Å²) in [5, 5.41) is 3.34. The van der Waals surface area contributed by atoms with Crippen LogP contribution in [0.4, 0.5) is 0 Å². The van der Waals surface area contributed by atoms with Crippen LogP contribution >= 0.6 is 0 Å². The van der Waals surface area contributed by atoms with Gasteiger partial charge in [0.1, 0.15) is 0 Å². The SMILES string of the molecule is Cn1ccc(CNC(C)(C)C)cc1=O. The molecule has 0 amide bonds. The molecule has 0 aliphatic carbocycles. The maximum Gasteiger partial charge on any atom is 0.250 e. The van der Waals surface area contributed by atoms with E-state index >= 15 is 0 Å². The Morgan fingerprint density at radius 3 is 2.57 bits per heavy atom. The van der Waals surface area contributed by atoms with Crippen molar-refractivity contribution in [1.29, 1.82) is 0 Å². The Kier molecular flexibility index (Phi) is 3.11. The Labute approximate surface area is 84.8 Å². The molecule has 14 heavy (non-hydrogen) atoms. The molecule has 0 unspecified atom stereocenters. The van der Waals surface area contributed by atoms with Crippen molar-refractivity contribution in [3.05, 3.63) is 34.2 Å². The lowest BCUT2D eigenvalue weighted by molar-refractivity contribution is 0.424. The van der Waals surface area contributed by atoms with E-state index < -0.39 is 0 Å². The third-order valence-electron chi connectivity index (χ3n) is 1.99. The third kappa shape index (κ3) is 3.34. The van der Waals surface area contributed by atoms with E-state index in [1.165, 1.54) is 0 Å². The zero-order chi connectivity index (χ0) is 10.8. The highest BCUT2D eigenvalue weighted by Crippen LogP contribution is 2.01. The average Bonchev–Trinajstić information content (AvgIpc) is 2.06. The van der Waals surface area contributed by atoms with Crippen LogP contribution in [0.3, 0.4) is 0 Å². The Balaban J connectivity index is 2.70. The van der Waals surface area contributed by atoms with Gasteiger partial charge in [-0.15, -0.1) is 0 Å². The van der Waals surface area contributed by atoms with E-state index in [0.29, 0.717) is 0 Å². The van der Waals surface area contributed by atoms with Gasteiger partial charge in [0.05, 0.1) is 0 Å². The van der Waals surface area contributed by atoms with Crippen LogP contribution in [0.15, 0.2) is 23.1 Å². The molecule has 0 saturated heterocycles. The second-order valence-electron chi connectivity index (χ2n) is 4.59. The second kappa shape index (κ2) is 3.96. The maximum atomic E-state index is 11.3. The summed E-state index contributed by atoms with van der Waals surface area (Å²) in [6.45, 7) is 7.05. The molecule has 1 aromatic rings. The molecule has 1 aromatic heterocycles. The van der Waals surface area contributed by atoms with E-state index in [4.69, 9.17) is 0 Å². The zero-order valence-electron chi connectivity index (χ0n) is 9.29. The summed E-state index contributed by atoms with van der Waals surface area (Å²) in [5.41, 5.74) is 1.15. The van der Waals surface area contributed by atoms with Gasteiger partial charge >= 0.3 is 0 Å². The molecule has 1 heterocycles. The topological polar surface area (TPSA) is 34.0 Å². The summed E-state index contributed by atoms with van der Waals surface area (Å²) >= 11 is 0. The van der Waals surface area contributed by atoms with Gasteiger partial charge in [0.25, 0.3) is 5.56 Å². The predicted molar refractivity (Wildman–Crippen MR) is 58.3 cm³/mol. The Morgan fingerprint density at radius 2 is 2.07 bits per heavy atom. The quantitative estimate of drug-likeness (QED) is 0.769. The summed E-state index contributed by atoms with van der Waals surface area (Å²) in [5.74, 6) is 0. The summed E-state index contributed by atoms with van der Waals surface area (Å²) in [4.78, 5) is 11.3. The Bertz CT molecular complexity index is 360. The molecule has 0 atom stereocenters. The molecular weight excluding hydrogens is 176 g/mol. The van der Waals surface area contributed by atoms with Gasteiger partial charge in [-0.3, -0.25) is 4.79 Å². The number of rotatable bonds is 2. The number of hydrogen-bond donors (Lipinski definition) is 1. The van der Waals surface area contributed by atoms with Gasteiger partial charge in [-0.1, -0.05) is 0 Å². The highest BCUT2D eigenvalue weighted by atomic mass is 16.1. The fraction of sp³-hybridized carbons (Fsp3) is 0.545. The smallest absolute Gasteiger partial charge is 0.250 e. The molecule has 0 bridgehead atoms. The number of aromatic nitrogens is 1. The molecular formula is C11H18N2O. The number of aryl methyl sites for hydroxylation is 1. The average molecular weight is 194 g/mol. The lowest BCUT2D eigenvalue weighted by Crippen LogP contribution is -2.35. The normalized spacial score (nSPS) is 11.7. The molecule has 3 heteroatoms. The standard InChI is InChI=1S/C11H18N2O/c1-11(2,3)12-8-9-5-6-13(4)10(14)7-9/h5-7,12H,8H2,1-4H3. The highest BCUT2D eigenvalue weighted by molar-refractivity contribution is 5.10. The van der Waals surface area contributed by atoms with Gasteiger partial charge in [-0.25, -0.2) is 0 Å². The summed E-state index contributed by atoms with van der Waals surface area (Å²) in [7, 11) is 1.75. The van der Waals surface area contributed by atoms with Crippen molar-refractivity contribution >= 4 is 0 Å². The molecule has 1 N–H and O–H groups in total. The van der Waals surface area contributed by atoms with E-state index in [9.17, 15) is 4.79 Å². The Morgan fingerprint density at radius 1 is 1.43 bits per heavy atom. The van der Waals surface area contributed by atoms with Gasteiger partial charge in [-0.05, 0) is 32.4 Å². The molecule has 0 aliphatic heterocycles. The van der Waals surface area contributed by atoms with Crippen molar-refractivity contribution in [2.24, 2.45) is 7.05 Å². The molecule has 0 spiro atoms. The maximum absolute atomic E-state index is 11.3. The zero-order valence-corrected chi connectivity index (χ0v) is 9.29. The first-order chi connectivity index (χ1) is 6.38. The van der Waals surface area contributed by atoms with Crippen LogP contribution < -0.4 is 10.9 Å². The van der Waals surface area contributed by atoms with E-state index in [1.807, 2.05) is 6.07 Å². The van der Waals surface area contributed by atoms with E-state index in [-0.39, 0.29) is 11.1 Å². The monoisotopic (exact) mass is 194 g/mol. The van der Waals surface area contributed by atoms with Crippen LogP contribution in [0.1, 0.15) is 26.3 Å². The van der Waals surface area contributed by atoms with Gasteiger partial charge < -0.3 is 9.88 Å². The number of pyridine rings is 1. The first kappa shape index (κ1) is 11.0. The lowest BCUT2D eigenvalue weighted by atomic mass is 10.1. The van der Waals surface area contributed by atoms with Crippen molar-refractivity contribution < 1.29 is 0 Å². The number of nitrogens with zero attached hydrogens (tertiary/aromatic N) is 1. The van der Waals surface area contributed by atoms with Crippen molar-refractivity contribution in [2.75, 3.05) is 0 Å². The predicted octanol–water partition coefficient (Wildman–Crippen LogP) is 1.27. The van der Waals surface area contributed by atoms with Crippen LogP contribution in [-0.2, 0) is 13.6 Å². The number of hydrogen-bond acceptors (Lipinski definition) is 2. The third-order valence-corrected chi connectivity index (χ3v) is 1.99. The van der Waals surface area contributed by atoms with Gasteiger partial charge in [0.2, 0.25) is 0 Å². The largest absolute Gasteiger partial charge is 0.319 e. The van der Waals surface area contributed by atoms with Crippen LogP contribution in [0.25, 0.3) is 0 Å². The van der Waals surface area contributed by atoms with Gasteiger partial charge in [0, 0.05) is 31.4 Å². The minimum atomic E-state index is 0.0400. The molecule has 78 valence electrons. The first-order valence-electron chi connectivity index (χ1n) is 4.79. The van der Waals surface area contributed by atoms with E-state index in [0.717, 1.165) is 12.1 Å². The van der Waals surface area contributed by atoms with Gasteiger partial charge in [0.15, 0.2) is 0 Å². The number of nitrogens with one attached hydrogen (secondary N) is 1. The van der Waals surface area contributed by atoms with Crippen LogP contribution in [-0.4, -0.2) is 10.1 Å². The van der Waals surface area contributed by atoms with E-state index in [2.05, 4.69) is 26.1 Å². The molecule has 0 saturated carbocycles. The summed E-state index contributed by atoms with van der Waals surface area (Å²) in [6.07, 6.45) is 1.79. The molecule has 1 rings (SSSR count). The molecule has 0 fully saturated rings. The summed E-state index contributed by atoms with van der Waals surface area (Å²) in [6, 6.07) is 3.62. The minimum Gasteiger partial charge on any atom is -0.319 e. The lowest BCUT2D eigenvalue weighted by Gasteiger charge is -2.20. The molecule has 0 radical (unpaired) electrons. The summed E-state index contributed by atoms with van der Waals surface area (Å²) < 4.78 is 1.57. The van der Waals surface area contributed by atoms with Crippen molar-refractivity contribution in [3.8, 4) is 0 Å². The minimum absolute atomic E-state index is 0.0400. The van der Waals surface area contributed by atoms with Crippen molar-refractivity contribution in [1.82, 2.24) is 9.88 Å². The van der Waals surface area contributed by atoms with Crippen molar-refractivity contribution in [3.63, 3.8) is 0 Å². The second-order valence-corrected chi connectivity index (χ2v) is 4.59. The van der Waals surface area contributed by atoms with Crippen LogP contribution in [0, 0.1) is 0 Å². The molecule has 0 aromatic carbocycles. The van der Waals surface area contributed by atoms with Crippen LogP contribution in [0.5, 0.6) is 0 Å². The first-order valence-corrected chi connectivity index (χ1v) is 4.79. The van der Waals surface area contributed by atoms with E-state index in [1.54, 1.807) is 23.9 Å². The van der Waals surface area contributed by atoms with Gasteiger partial charge in [-0.2, -0.15) is 0 Å². The van der Waals surface area contributed by atoms with Crippen LogP contribution in [0.2, 0.25) is 0 Å². The Hall–Kier alpha value is -1.09. The fourth-order valence-electron chi connectivity index (χ4n) is 1.07. The van der Waals surface area contributed by atoms with Crippen molar-refractivity contribution in [2.45, 2.75) is 32.9 Å². The molecule has 0 aliphatic rings.